The van der Waals surface area contributed by atoms with Crippen LogP contribution in [0.15, 0.2) is 41.7 Å². The number of rotatable bonds is 2. The fourth-order valence-corrected chi connectivity index (χ4v) is 1.86. The molecule has 0 saturated heterocycles. The van der Waals surface area contributed by atoms with Gasteiger partial charge < -0.3 is 9.72 Å². The van der Waals surface area contributed by atoms with E-state index in [9.17, 15) is 4.79 Å². The van der Waals surface area contributed by atoms with E-state index in [0.29, 0.717) is 5.82 Å². The van der Waals surface area contributed by atoms with Crippen molar-refractivity contribution in [1.82, 2.24) is 19.5 Å². The Hall–Kier alpha value is -2.63. The van der Waals surface area contributed by atoms with E-state index in [0.717, 1.165) is 11.0 Å². The lowest BCUT2D eigenvalue weighted by Crippen LogP contribution is -2.13. The molecular formula is C12H10N4O2. The lowest BCUT2D eigenvalue weighted by atomic mass is 10.3. The Morgan fingerprint density at radius 3 is 2.94 bits per heavy atom. The van der Waals surface area contributed by atoms with Crippen molar-refractivity contribution in [3.63, 3.8) is 0 Å². The molecule has 0 aliphatic carbocycles. The van der Waals surface area contributed by atoms with E-state index in [-0.39, 0.29) is 11.3 Å². The molecule has 18 heavy (non-hydrogen) atoms. The van der Waals surface area contributed by atoms with Crippen molar-refractivity contribution in [2.75, 3.05) is 7.11 Å². The first-order valence-corrected chi connectivity index (χ1v) is 5.35. The van der Waals surface area contributed by atoms with Crippen LogP contribution >= 0.6 is 0 Å². The summed E-state index contributed by atoms with van der Waals surface area (Å²) in [6.45, 7) is 0. The van der Waals surface area contributed by atoms with Gasteiger partial charge in [0.25, 0.3) is 5.56 Å². The molecule has 3 rings (SSSR count). The molecule has 3 aromatic rings. The Morgan fingerprint density at radius 2 is 2.11 bits per heavy atom. The van der Waals surface area contributed by atoms with Crippen LogP contribution in [-0.2, 0) is 0 Å². The highest BCUT2D eigenvalue weighted by Gasteiger charge is 2.13. The van der Waals surface area contributed by atoms with E-state index in [2.05, 4.69) is 15.0 Å². The molecule has 0 radical (unpaired) electrons. The monoisotopic (exact) mass is 242 g/mol. The molecule has 6 heteroatoms. The smallest absolute Gasteiger partial charge is 0.295 e. The Balaban J connectivity index is 2.33. The molecule has 0 atom stereocenters. The summed E-state index contributed by atoms with van der Waals surface area (Å²) in [6.07, 6.45) is 2.96. The molecule has 0 amide bonds. The summed E-state index contributed by atoms with van der Waals surface area (Å²) < 4.78 is 6.82. The molecule has 0 saturated carbocycles. The topological polar surface area (TPSA) is 72.8 Å². The number of ether oxygens (including phenoxy) is 1. The van der Waals surface area contributed by atoms with Crippen LogP contribution in [0, 0.1) is 0 Å². The fourth-order valence-electron chi connectivity index (χ4n) is 1.86. The zero-order chi connectivity index (χ0) is 12.5. The largest absolute Gasteiger partial charge is 0.488 e. The van der Waals surface area contributed by atoms with Crippen molar-refractivity contribution >= 4 is 11.0 Å². The SMILES string of the molecule is COc1c(-n2cnc3ccccc32)nc[nH]c1=O. The molecule has 6 nitrogen and oxygen atoms in total. The predicted molar refractivity (Wildman–Crippen MR) is 66.0 cm³/mol. The zero-order valence-electron chi connectivity index (χ0n) is 9.62. The van der Waals surface area contributed by atoms with Crippen molar-refractivity contribution in [3.05, 3.63) is 47.3 Å². The Bertz CT molecular complexity index is 760. The molecule has 0 spiro atoms. The molecule has 2 heterocycles. The Labute approximate surface area is 102 Å². The first kappa shape index (κ1) is 10.5. The number of methoxy groups -OCH3 is 1. The van der Waals surface area contributed by atoms with E-state index >= 15 is 0 Å². The number of aromatic nitrogens is 4. The standard InChI is InChI=1S/C12H10N4O2/c1-18-10-11(13-6-14-12(10)17)16-7-15-8-4-2-3-5-9(8)16/h2-7H,1H3,(H,13,14,17). The van der Waals surface area contributed by atoms with Crippen LogP contribution in [0.25, 0.3) is 16.9 Å². The van der Waals surface area contributed by atoms with Gasteiger partial charge in [-0.15, -0.1) is 0 Å². The van der Waals surface area contributed by atoms with Crippen molar-refractivity contribution in [2.24, 2.45) is 0 Å². The van der Waals surface area contributed by atoms with Crippen LogP contribution in [-0.4, -0.2) is 26.6 Å². The summed E-state index contributed by atoms with van der Waals surface area (Å²) in [5, 5.41) is 0. The van der Waals surface area contributed by atoms with Crippen molar-refractivity contribution in [3.8, 4) is 11.6 Å². The molecule has 2 aromatic heterocycles. The normalized spacial score (nSPS) is 10.7. The third-order valence-corrected chi connectivity index (χ3v) is 2.68. The summed E-state index contributed by atoms with van der Waals surface area (Å²) in [6, 6.07) is 7.61. The molecule has 1 N–H and O–H groups in total. The number of aromatic amines is 1. The van der Waals surface area contributed by atoms with E-state index in [4.69, 9.17) is 4.74 Å². The predicted octanol–water partition coefficient (Wildman–Crippen LogP) is 1.12. The number of H-pyrrole nitrogens is 1. The van der Waals surface area contributed by atoms with Gasteiger partial charge in [0.15, 0.2) is 5.82 Å². The molecule has 0 aliphatic heterocycles. The van der Waals surface area contributed by atoms with Crippen molar-refractivity contribution < 1.29 is 4.74 Å². The highest BCUT2D eigenvalue weighted by atomic mass is 16.5. The number of nitrogens with zero attached hydrogens (tertiary/aromatic N) is 3. The van der Waals surface area contributed by atoms with Gasteiger partial charge in [0.1, 0.15) is 6.33 Å². The number of nitrogens with one attached hydrogen (secondary N) is 1. The number of benzene rings is 1. The first-order valence-electron chi connectivity index (χ1n) is 5.35. The molecule has 0 aliphatic rings. The molecule has 0 fully saturated rings. The third-order valence-electron chi connectivity index (χ3n) is 2.68. The van der Waals surface area contributed by atoms with Crippen LogP contribution in [0.3, 0.4) is 0 Å². The van der Waals surface area contributed by atoms with Gasteiger partial charge in [-0.2, -0.15) is 0 Å². The summed E-state index contributed by atoms with van der Waals surface area (Å²) in [4.78, 5) is 22.5. The Morgan fingerprint density at radius 1 is 1.28 bits per heavy atom. The van der Waals surface area contributed by atoms with E-state index in [1.165, 1.54) is 13.4 Å². The van der Waals surface area contributed by atoms with Gasteiger partial charge in [-0.1, -0.05) is 12.1 Å². The number of para-hydroxylation sites is 2. The van der Waals surface area contributed by atoms with Crippen LogP contribution < -0.4 is 10.3 Å². The minimum absolute atomic E-state index is 0.167. The van der Waals surface area contributed by atoms with E-state index in [1.54, 1.807) is 10.9 Å². The molecular weight excluding hydrogens is 232 g/mol. The number of imidazole rings is 1. The van der Waals surface area contributed by atoms with E-state index in [1.807, 2.05) is 24.3 Å². The van der Waals surface area contributed by atoms with Crippen LogP contribution in [0.4, 0.5) is 0 Å². The van der Waals surface area contributed by atoms with Gasteiger partial charge in [-0.25, -0.2) is 9.97 Å². The molecule has 0 unspecified atom stereocenters. The molecule has 0 bridgehead atoms. The first-order chi connectivity index (χ1) is 8.81. The molecule has 1 aromatic carbocycles. The van der Waals surface area contributed by atoms with Crippen LogP contribution in [0.2, 0.25) is 0 Å². The van der Waals surface area contributed by atoms with Gasteiger partial charge in [0.2, 0.25) is 5.75 Å². The van der Waals surface area contributed by atoms with Crippen molar-refractivity contribution in [2.45, 2.75) is 0 Å². The van der Waals surface area contributed by atoms with E-state index < -0.39 is 0 Å². The summed E-state index contributed by atoms with van der Waals surface area (Å²) in [7, 11) is 1.44. The highest BCUT2D eigenvalue weighted by Crippen LogP contribution is 2.20. The van der Waals surface area contributed by atoms with Crippen LogP contribution in [0.1, 0.15) is 0 Å². The maximum atomic E-state index is 11.6. The quantitative estimate of drug-likeness (QED) is 0.730. The third kappa shape index (κ3) is 1.46. The lowest BCUT2D eigenvalue weighted by Gasteiger charge is -2.07. The summed E-state index contributed by atoms with van der Waals surface area (Å²) in [5.41, 5.74) is 1.39. The van der Waals surface area contributed by atoms with Gasteiger partial charge in [-0.05, 0) is 12.1 Å². The number of hydrogen-bond acceptors (Lipinski definition) is 4. The lowest BCUT2D eigenvalue weighted by molar-refractivity contribution is 0.404. The second-order valence-corrected chi connectivity index (χ2v) is 3.69. The fraction of sp³-hybridized carbons (Fsp3) is 0.0833. The van der Waals surface area contributed by atoms with Gasteiger partial charge in [0, 0.05) is 0 Å². The summed E-state index contributed by atoms with van der Waals surface area (Å²) >= 11 is 0. The van der Waals surface area contributed by atoms with Crippen molar-refractivity contribution in [1.29, 1.82) is 0 Å². The van der Waals surface area contributed by atoms with Gasteiger partial charge in [0.05, 0.1) is 24.5 Å². The summed E-state index contributed by atoms with van der Waals surface area (Å²) in [5.74, 6) is 0.593. The molecule has 90 valence electrons. The van der Waals surface area contributed by atoms with Gasteiger partial charge >= 0.3 is 0 Å². The Kier molecular flexibility index (Phi) is 2.33. The second-order valence-electron chi connectivity index (χ2n) is 3.69. The number of hydrogen-bond donors (Lipinski definition) is 1. The minimum atomic E-state index is -0.319. The average Bonchev–Trinajstić information content (AvgIpc) is 2.82. The van der Waals surface area contributed by atoms with Crippen LogP contribution in [0.5, 0.6) is 5.75 Å². The number of fused-ring (bicyclic) bond motifs is 1. The maximum Gasteiger partial charge on any atom is 0.295 e. The minimum Gasteiger partial charge on any atom is -0.488 e. The average molecular weight is 242 g/mol. The second kappa shape index (κ2) is 3.99. The maximum absolute atomic E-state index is 11.6. The van der Waals surface area contributed by atoms with Gasteiger partial charge in [-0.3, -0.25) is 9.36 Å². The highest BCUT2D eigenvalue weighted by molar-refractivity contribution is 5.77. The zero-order valence-corrected chi connectivity index (χ0v) is 9.62.